The van der Waals surface area contributed by atoms with E-state index in [0.717, 1.165) is 17.1 Å². The molecule has 0 amide bonds. The molecule has 7 nitrogen and oxygen atoms in total. The molecule has 0 bridgehead atoms. The molecule has 2 N–H and O–H groups in total. The first-order chi connectivity index (χ1) is 10.0. The van der Waals surface area contributed by atoms with Gasteiger partial charge in [0.15, 0.2) is 5.96 Å². The second-order valence-corrected chi connectivity index (χ2v) is 7.83. The Balaban J connectivity index is 0.00000242. The van der Waals surface area contributed by atoms with E-state index in [9.17, 15) is 8.42 Å². The molecule has 0 radical (unpaired) electrons. The van der Waals surface area contributed by atoms with Gasteiger partial charge in [0.05, 0.1) is 12.3 Å². The van der Waals surface area contributed by atoms with Crippen molar-refractivity contribution in [2.24, 2.45) is 4.99 Å². The Labute approximate surface area is 152 Å². The summed E-state index contributed by atoms with van der Waals surface area (Å²) in [5.74, 6) is 0.920. The molecule has 0 spiro atoms. The Kier molecular flexibility index (Phi) is 8.00. The molecule has 1 aliphatic rings. The van der Waals surface area contributed by atoms with Crippen molar-refractivity contribution in [2.75, 3.05) is 32.4 Å². The molecule has 126 valence electrons. The minimum absolute atomic E-state index is 0. The first-order valence-electron chi connectivity index (χ1n) is 6.84. The number of aliphatic imine (C=N–C) groups is 1. The Morgan fingerprint density at radius 1 is 1.50 bits per heavy atom. The van der Waals surface area contributed by atoms with Crippen LogP contribution in [0.25, 0.3) is 0 Å². The molecule has 2 rings (SSSR count). The summed E-state index contributed by atoms with van der Waals surface area (Å²) in [5.41, 5.74) is 1.01. The van der Waals surface area contributed by atoms with Crippen LogP contribution in [0.1, 0.15) is 17.1 Å². The molecule has 0 atom stereocenters. The van der Waals surface area contributed by atoms with Gasteiger partial charge in [-0.15, -0.1) is 35.3 Å². The maximum Gasteiger partial charge on any atom is 0.214 e. The Morgan fingerprint density at radius 2 is 2.27 bits per heavy atom. The Morgan fingerprint density at radius 3 is 2.82 bits per heavy atom. The van der Waals surface area contributed by atoms with Gasteiger partial charge in [0.1, 0.15) is 5.01 Å². The molecule has 0 unspecified atom stereocenters. The summed E-state index contributed by atoms with van der Waals surface area (Å²) in [5, 5.41) is 9.29. The predicted octanol–water partition coefficient (Wildman–Crippen LogP) is 0.770. The number of thiazole rings is 1. The molecule has 1 aromatic heterocycles. The zero-order chi connectivity index (χ0) is 15.3. The van der Waals surface area contributed by atoms with E-state index in [1.165, 1.54) is 4.31 Å². The van der Waals surface area contributed by atoms with E-state index in [1.54, 1.807) is 18.4 Å². The highest BCUT2D eigenvalue weighted by molar-refractivity contribution is 14.0. The van der Waals surface area contributed by atoms with Gasteiger partial charge in [-0.2, -0.15) is 0 Å². The van der Waals surface area contributed by atoms with Crippen molar-refractivity contribution in [1.29, 1.82) is 0 Å². The summed E-state index contributed by atoms with van der Waals surface area (Å²) >= 11 is 1.60. The van der Waals surface area contributed by atoms with Crippen molar-refractivity contribution < 1.29 is 8.42 Å². The van der Waals surface area contributed by atoms with Crippen LogP contribution < -0.4 is 10.6 Å². The standard InChI is InChI=1S/C12H21N5O2S2.HI/c1-10-9-20-11(16-10)8-15-12(13-2)14-4-6-17-5-3-7-21(17,18)19;/h9H,3-8H2,1-2H3,(H2,13,14,15);1H. The predicted molar refractivity (Wildman–Crippen MR) is 100 cm³/mol. The summed E-state index contributed by atoms with van der Waals surface area (Å²) in [6.07, 6.45) is 0.721. The summed E-state index contributed by atoms with van der Waals surface area (Å²) < 4.78 is 24.9. The second-order valence-electron chi connectivity index (χ2n) is 4.80. The molecular weight excluding hydrogens is 437 g/mol. The van der Waals surface area contributed by atoms with Gasteiger partial charge in [-0.05, 0) is 13.3 Å². The average Bonchev–Trinajstić information content (AvgIpc) is 2.99. The number of hydrogen-bond donors (Lipinski definition) is 2. The molecule has 2 heterocycles. The van der Waals surface area contributed by atoms with Gasteiger partial charge < -0.3 is 10.6 Å². The third-order valence-corrected chi connectivity index (χ3v) is 6.08. The van der Waals surface area contributed by atoms with Gasteiger partial charge in [-0.25, -0.2) is 17.7 Å². The van der Waals surface area contributed by atoms with Crippen LogP contribution in [0, 0.1) is 6.92 Å². The number of aryl methyl sites for hydroxylation is 1. The van der Waals surface area contributed by atoms with Crippen LogP contribution >= 0.6 is 35.3 Å². The van der Waals surface area contributed by atoms with Crippen molar-refractivity contribution in [3.63, 3.8) is 0 Å². The highest BCUT2D eigenvalue weighted by atomic mass is 127. The number of nitrogens with zero attached hydrogens (tertiary/aromatic N) is 3. The number of halogens is 1. The maximum atomic E-state index is 11.7. The molecule has 1 saturated heterocycles. The Bertz CT molecular complexity index is 602. The van der Waals surface area contributed by atoms with Crippen molar-refractivity contribution in [1.82, 2.24) is 19.9 Å². The van der Waals surface area contributed by atoms with Crippen molar-refractivity contribution in [3.8, 4) is 0 Å². The van der Waals surface area contributed by atoms with Crippen molar-refractivity contribution >= 4 is 51.3 Å². The van der Waals surface area contributed by atoms with Crippen molar-refractivity contribution in [2.45, 2.75) is 19.9 Å². The van der Waals surface area contributed by atoms with E-state index in [0.29, 0.717) is 32.1 Å². The first kappa shape index (κ1) is 19.6. The second kappa shape index (κ2) is 8.99. The van der Waals surface area contributed by atoms with Gasteiger partial charge in [0.25, 0.3) is 0 Å². The number of sulfonamides is 1. The lowest BCUT2D eigenvalue weighted by Crippen LogP contribution is -2.41. The third kappa shape index (κ3) is 5.63. The van der Waals surface area contributed by atoms with Crippen LogP contribution in [0.3, 0.4) is 0 Å². The van der Waals surface area contributed by atoms with Gasteiger partial charge in [-0.1, -0.05) is 0 Å². The monoisotopic (exact) mass is 459 g/mol. The lowest BCUT2D eigenvalue weighted by Gasteiger charge is -2.16. The summed E-state index contributed by atoms with van der Waals surface area (Å²) in [4.78, 5) is 8.48. The molecule has 0 aliphatic carbocycles. The van der Waals surface area contributed by atoms with E-state index in [4.69, 9.17) is 0 Å². The number of rotatable bonds is 5. The van der Waals surface area contributed by atoms with Crippen LogP contribution in [0.2, 0.25) is 0 Å². The van der Waals surface area contributed by atoms with Crippen LogP contribution in [0.5, 0.6) is 0 Å². The fourth-order valence-electron chi connectivity index (χ4n) is 2.11. The highest BCUT2D eigenvalue weighted by Gasteiger charge is 2.27. The van der Waals surface area contributed by atoms with Crippen LogP contribution in [-0.4, -0.2) is 56.1 Å². The largest absolute Gasteiger partial charge is 0.355 e. The van der Waals surface area contributed by atoms with Crippen LogP contribution in [-0.2, 0) is 16.6 Å². The van der Waals surface area contributed by atoms with Crippen molar-refractivity contribution in [3.05, 3.63) is 16.1 Å². The lowest BCUT2D eigenvalue weighted by molar-refractivity contribution is 0.445. The maximum absolute atomic E-state index is 11.7. The van der Waals surface area contributed by atoms with Gasteiger partial charge in [-0.3, -0.25) is 4.99 Å². The van der Waals surface area contributed by atoms with Gasteiger partial charge in [0.2, 0.25) is 10.0 Å². The zero-order valence-electron chi connectivity index (χ0n) is 12.7. The van der Waals surface area contributed by atoms with Crippen LogP contribution in [0.4, 0.5) is 0 Å². The number of aromatic nitrogens is 1. The number of guanidine groups is 1. The van der Waals surface area contributed by atoms with E-state index in [2.05, 4.69) is 20.6 Å². The summed E-state index contributed by atoms with van der Waals surface area (Å²) in [6.45, 7) is 4.20. The first-order valence-corrected chi connectivity index (χ1v) is 9.33. The van der Waals surface area contributed by atoms with E-state index < -0.39 is 10.0 Å². The fraction of sp³-hybridized carbons (Fsp3) is 0.667. The number of hydrogen-bond acceptors (Lipinski definition) is 5. The molecular formula is C12H22IN5O2S2. The van der Waals surface area contributed by atoms with Crippen LogP contribution in [0.15, 0.2) is 10.4 Å². The molecule has 0 saturated carbocycles. The summed E-state index contributed by atoms with van der Waals surface area (Å²) in [6, 6.07) is 0. The molecule has 0 aromatic carbocycles. The lowest BCUT2D eigenvalue weighted by atomic mass is 10.5. The topological polar surface area (TPSA) is 86.7 Å². The van der Waals surface area contributed by atoms with E-state index >= 15 is 0 Å². The molecule has 1 fully saturated rings. The Hall–Kier alpha value is -0.460. The molecule has 22 heavy (non-hydrogen) atoms. The molecule has 10 heteroatoms. The normalized spacial score (nSPS) is 18.0. The summed E-state index contributed by atoms with van der Waals surface area (Å²) in [7, 11) is -1.33. The average molecular weight is 459 g/mol. The molecule has 1 aliphatic heterocycles. The smallest absolute Gasteiger partial charge is 0.214 e. The zero-order valence-corrected chi connectivity index (χ0v) is 16.7. The number of nitrogens with one attached hydrogen (secondary N) is 2. The minimum Gasteiger partial charge on any atom is -0.355 e. The SMILES string of the molecule is CN=C(NCCN1CCCS1(=O)=O)NCc1nc(C)cs1.I. The third-order valence-electron chi connectivity index (χ3n) is 3.15. The van der Waals surface area contributed by atoms with E-state index in [-0.39, 0.29) is 29.7 Å². The van der Waals surface area contributed by atoms with E-state index in [1.807, 2.05) is 12.3 Å². The highest BCUT2D eigenvalue weighted by Crippen LogP contribution is 2.11. The molecule has 1 aromatic rings. The fourth-order valence-corrected chi connectivity index (χ4v) is 4.35. The quantitative estimate of drug-likeness (QED) is 0.386. The van der Waals surface area contributed by atoms with Gasteiger partial charge in [0, 0.05) is 37.8 Å². The minimum atomic E-state index is -3.02. The van der Waals surface area contributed by atoms with Gasteiger partial charge >= 0.3 is 0 Å².